The van der Waals surface area contributed by atoms with Gasteiger partial charge in [-0.3, -0.25) is 0 Å². The lowest BCUT2D eigenvalue weighted by molar-refractivity contribution is 0.447. The Hall–Kier alpha value is -1.28. The molecule has 0 aromatic heterocycles. The highest BCUT2D eigenvalue weighted by Crippen LogP contribution is 2.29. The van der Waals surface area contributed by atoms with Gasteiger partial charge >= 0.3 is 0 Å². The molecule has 80 valence electrons. The van der Waals surface area contributed by atoms with E-state index in [0.29, 0.717) is 11.7 Å². The Morgan fingerprint density at radius 3 is 2.40 bits per heavy atom. The first-order valence-corrected chi connectivity index (χ1v) is 5.46. The molecule has 2 N–H and O–H groups in total. The van der Waals surface area contributed by atoms with Gasteiger partial charge in [0.15, 0.2) is 0 Å². The highest BCUT2D eigenvalue weighted by atomic mass is 16.3. The van der Waals surface area contributed by atoms with Crippen LogP contribution in [0.5, 0.6) is 5.75 Å². The van der Waals surface area contributed by atoms with E-state index in [0.717, 1.165) is 18.7 Å². The van der Waals surface area contributed by atoms with Crippen molar-refractivity contribution in [2.45, 2.75) is 12.8 Å². The van der Waals surface area contributed by atoms with E-state index >= 15 is 0 Å². The number of benzene rings is 1. The van der Waals surface area contributed by atoms with Crippen molar-refractivity contribution in [1.29, 1.82) is 0 Å². The highest BCUT2D eigenvalue weighted by molar-refractivity contribution is 5.65. The minimum Gasteiger partial charge on any atom is -0.508 e. The van der Waals surface area contributed by atoms with Crippen molar-refractivity contribution < 1.29 is 5.11 Å². The third-order valence-electron chi connectivity index (χ3n) is 3.07. The van der Waals surface area contributed by atoms with Crippen LogP contribution in [0.3, 0.4) is 0 Å². The summed E-state index contributed by atoms with van der Waals surface area (Å²) in [7, 11) is 0. The number of hydrogen-bond donors (Lipinski definition) is 2. The van der Waals surface area contributed by atoms with E-state index in [1.54, 1.807) is 12.1 Å². The molecule has 2 nitrogen and oxygen atoms in total. The summed E-state index contributed by atoms with van der Waals surface area (Å²) < 4.78 is 0. The SMILES string of the molecule is C=C(c1ccc(O)cc1)C1CCNCC1. The van der Waals surface area contributed by atoms with Crippen LogP contribution in [0.1, 0.15) is 18.4 Å². The van der Waals surface area contributed by atoms with Gasteiger partial charge in [-0.05, 0) is 55.1 Å². The molecule has 1 aliphatic heterocycles. The van der Waals surface area contributed by atoms with Crippen molar-refractivity contribution in [3.63, 3.8) is 0 Å². The lowest BCUT2D eigenvalue weighted by atomic mass is 9.87. The molecule has 2 rings (SSSR count). The molecule has 0 unspecified atom stereocenters. The predicted molar refractivity (Wildman–Crippen MR) is 62.7 cm³/mol. The maximum absolute atomic E-state index is 9.21. The monoisotopic (exact) mass is 203 g/mol. The summed E-state index contributed by atoms with van der Waals surface area (Å²) in [6.45, 7) is 6.34. The lowest BCUT2D eigenvalue weighted by Crippen LogP contribution is -2.28. The Kier molecular flexibility index (Phi) is 3.07. The first-order valence-electron chi connectivity index (χ1n) is 5.46. The molecule has 0 atom stereocenters. The molecule has 0 aliphatic carbocycles. The Morgan fingerprint density at radius 2 is 1.80 bits per heavy atom. The van der Waals surface area contributed by atoms with Gasteiger partial charge in [0.2, 0.25) is 0 Å². The number of aromatic hydroxyl groups is 1. The molecule has 0 amide bonds. The Morgan fingerprint density at radius 1 is 1.20 bits per heavy atom. The Balaban J connectivity index is 2.09. The van der Waals surface area contributed by atoms with Crippen LogP contribution in [0.2, 0.25) is 0 Å². The molecular weight excluding hydrogens is 186 g/mol. The molecule has 0 bridgehead atoms. The van der Waals surface area contributed by atoms with Crippen LogP contribution < -0.4 is 5.32 Å². The van der Waals surface area contributed by atoms with Gasteiger partial charge in [-0.1, -0.05) is 18.7 Å². The topological polar surface area (TPSA) is 32.3 Å². The lowest BCUT2D eigenvalue weighted by Gasteiger charge is -2.24. The summed E-state index contributed by atoms with van der Waals surface area (Å²) in [5.74, 6) is 0.910. The Bertz CT molecular complexity index is 336. The van der Waals surface area contributed by atoms with Gasteiger partial charge in [0, 0.05) is 0 Å². The fourth-order valence-electron chi connectivity index (χ4n) is 2.08. The molecule has 1 heterocycles. The van der Waals surface area contributed by atoms with Crippen LogP contribution in [0.4, 0.5) is 0 Å². The molecule has 1 saturated heterocycles. The summed E-state index contributed by atoms with van der Waals surface area (Å²) in [5, 5.41) is 12.6. The van der Waals surface area contributed by atoms with E-state index in [9.17, 15) is 5.11 Å². The minimum absolute atomic E-state index is 0.317. The summed E-state index contributed by atoms with van der Waals surface area (Å²) in [4.78, 5) is 0. The van der Waals surface area contributed by atoms with E-state index in [2.05, 4.69) is 11.9 Å². The molecule has 0 radical (unpaired) electrons. The van der Waals surface area contributed by atoms with E-state index in [1.165, 1.54) is 18.4 Å². The minimum atomic E-state index is 0.317. The fourth-order valence-corrected chi connectivity index (χ4v) is 2.08. The molecule has 1 fully saturated rings. The number of hydrogen-bond acceptors (Lipinski definition) is 2. The second kappa shape index (κ2) is 4.49. The quantitative estimate of drug-likeness (QED) is 0.773. The Labute approximate surface area is 90.6 Å². The van der Waals surface area contributed by atoms with Crippen LogP contribution >= 0.6 is 0 Å². The molecule has 15 heavy (non-hydrogen) atoms. The first kappa shape index (κ1) is 10.2. The van der Waals surface area contributed by atoms with Gasteiger partial charge in [0.25, 0.3) is 0 Å². The summed E-state index contributed by atoms with van der Waals surface area (Å²) in [5.41, 5.74) is 2.36. The summed E-state index contributed by atoms with van der Waals surface area (Å²) in [6, 6.07) is 7.34. The molecule has 0 saturated carbocycles. The van der Waals surface area contributed by atoms with Crippen LogP contribution in [0.25, 0.3) is 5.57 Å². The molecular formula is C13H17NO. The standard InChI is InChI=1S/C13H17NO/c1-10(12-6-8-14-9-7-12)11-2-4-13(15)5-3-11/h2-5,12,14-15H,1,6-9H2. The van der Waals surface area contributed by atoms with Gasteiger partial charge in [0.1, 0.15) is 5.75 Å². The van der Waals surface area contributed by atoms with E-state index in [4.69, 9.17) is 0 Å². The van der Waals surface area contributed by atoms with Gasteiger partial charge in [-0.25, -0.2) is 0 Å². The molecule has 0 spiro atoms. The zero-order valence-electron chi connectivity index (χ0n) is 8.87. The predicted octanol–water partition coefficient (Wildman–Crippen LogP) is 2.41. The summed E-state index contributed by atoms with van der Waals surface area (Å²) >= 11 is 0. The van der Waals surface area contributed by atoms with Crippen molar-refractivity contribution >= 4 is 5.57 Å². The van der Waals surface area contributed by atoms with E-state index in [1.807, 2.05) is 12.1 Å². The zero-order valence-corrected chi connectivity index (χ0v) is 8.87. The van der Waals surface area contributed by atoms with Gasteiger partial charge in [-0.2, -0.15) is 0 Å². The average Bonchev–Trinajstić information content (AvgIpc) is 2.30. The highest BCUT2D eigenvalue weighted by Gasteiger charge is 2.16. The third kappa shape index (κ3) is 2.39. The van der Waals surface area contributed by atoms with Crippen molar-refractivity contribution in [2.75, 3.05) is 13.1 Å². The maximum Gasteiger partial charge on any atom is 0.115 e. The molecule has 1 aromatic rings. The smallest absolute Gasteiger partial charge is 0.115 e. The van der Waals surface area contributed by atoms with Gasteiger partial charge in [0.05, 0.1) is 0 Å². The van der Waals surface area contributed by atoms with Crippen LogP contribution in [0, 0.1) is 5.92 Å². The number of rotatable bonds is 2. The maximum atomic E-state index is 9.21. The van der Waals surface area contributed by atoms with Crippen LogP contribution in [-0.4, -0.2) is 18.2 Å². The van der Waals surface area contributed by atoms with Crippen molar-refractivity contribution in [2.24, 2.45) is 5.92 Å². The van der Waals surface area contributed by atoms with Crippen molar-refractivity contribution in [3.8, 4) is 5.75 Å². The number of phenolic OH excluding ortho intramolecular Hbond substituents is 1. The fraction of sp³-hybridized carbons (Fsp3) is 0.385. The van der Waals surface area contributed by atoms with E-state index in [-0.39, 0.29) is 0 Å². The zero-order chi connectivity index (χ0) is 10.7. The first-order chi connectivity index (χ1) is 7.27. The third-order valence-corrected chi connectivity index (χ3v) is 3.07. The van der Waals surface area contributed by atoms with Crippen LogP contribution in [-0.2, 0) is 0 Å². The largest absolute Gasteiger partial charge is 0.508 e. The van der Waals surface area contributed by atoms with Gasteiger partial charge in [-0.15, -0.1) is 0 Å². The second-order valence-corrected chi connectivity index (χ2v) is 4.10. The number of piperidine rings is 1. The summed E-state index contributed by atoms with van der Waals surface area (Å²) in [6.07, 6.45) is 2.33. The number of phenols is 1. The van der Waals surface area contributed by atoms with Crippen molar-refractivity contribution in [3.05, 3.63) is 36.4 Å². The van der Waals surface area contributed by atoms with E-state index < -0.39 is 0 Å². The molecule has 1 aromatic carbocycles. The average molecular weight is 203 g/mol. The van der Waals surface area contributed by atoms with Gasteiger partial charge < -0.3 is 10.4 Å². The number of allylic oxidation sites excluding steroid dienone is 1. The normalized spacial score (nSPS) is 17.6. The molecule has 1 aliphatic rings. The second-order valence-electron chi connectivity index (χ2n) is 4.10. The molecule has 2 heteroatoms. The number of nitrogens with one attached hydrogen (secondary N) is 1. The van der Waals surface area contributed by atoms with Crippen LogP contribution in [0.15, 0.2) is 30.8 Å². The van der Waals surface area contributed by atoms with Crippen molar-refractivity contribution in [1.82, 2.24) is 5.32 Å².